The van der Waals surface area contributed by atoms with Crippen LogP contribution in [-0.2, 0) is 0 Å². The zero-order valence-electron chi connectivity index (χ0n) is 8.16. The zero-order valence-corrected chi connectivity index (χ0v) is 8.16. The van der Waals surface area contributed by atoms with Gasteiger partial charge in [0.05, 0.1) is 0 Å². The Morgan fingerprint density at radius 2 is 1.58 bits per heavy atom. The van der Waals surface area contributed by atoms with Gasteiger partial charge in [-0.1, -0.05) is 19.8 Å². The number of unbranched alkanes of at least 4 members (excludes halogenated alkanes) is 5. The second-order valence-corrected chi connectivity index (χ2v) is 3.02. The Hall–Kier alpha value is -0.480. The summed E-state index contributed by atoms with van der Waals surface area (Å²) in [4.78, 5) is 0. The molecule has 0 fully saturated rings. The minimum atomic E-state index is 0.573. The molecule has 1 radical (unpaired) electrons. The molecule has 0 aliphatic heterocycles. The number of rotatable bonds is 6. The molecule has 0 bridgehead atoms. The van der Waals surface area contributed by atoms with Gasteiger partial charge in [-0.3, -0.25) is 5.73 Å². The highest BCUT2D eigenvalue weighted by atomic mass is 14.5. The van der Waals surface area contributed by atoms with Gasteiger partial charge in [-0.15, -0.1) is 11.8 Å². The molecule has 1 heteroatoms. The van der Waals surface area contributed by atoms with Crippen molar-refractivity contribution >= 4 is 0 Å². The van der Waals surface area contributed by atoms with Crippen LogP contribution < -0.4 is 5.73 Å². The maximum atomic E-state index is 6.94. The lowest BCUT2D eigenvalue weighted by Gasteiger charge is -1.91. The van der Waals surface area contributed by atoms with Crippen LogP contribution in [0, 0.1) is 11.8 Å². The molecule has 0 unspecified atom stereocenters. The lowest BCUT2D eigenvalue weighted by molar-refractivity contribution is 0.694. The first-order valence-electron chi connectivity index (χ1n) is 5.02. The van der Waals surface area contributed by atoms with Gasteiger partial charge in [0.2, 0.25) is 0 Å². The molecule has 69 valence electrons. The van der Waals surface area contributed by atoms with Crippen LogP contribution in [0.3, 0.4) is 0 Å². The van der Waals surface area contributed by atoms with E-state index in [1.807, 2.05) is 0 Å². The van der Waals surface area contributed by atoms with E-state index in [9.17, 15) is 0 Å². The van der Waals surface area contributed by atoms with Crippen LogP contribution in [0.1, 0.15) is 51.9 Å². The molecule has 0 aromatic carbocycles. The molecule has 0 heterocycles. The second kappa shape index (κ2) is 10.5. The van der Waals surface area contributed by atoms with Crippen molar-refractivity contribution in [2.75, 3.05) is 6.54 Å². The highest BCUT2D eigenvalue weighted by Gasteiger charge is 1.83. The average Bonchev–Trinajstić information content (AvgIpc) is 2.10. The summed E-state index contributed by atoms with van der Waals surface area (Å²) in [6.45, 7) is 2.76. The summed E-state index contributed by atoms with van der Waals surface area (Å²) in [6, 6.07) is 0. The van der Waals surface area contributed by atoms with Crippen molar-refractivity contribution < 1.29 is 0 Å². The van der Waals surface area contributed by atoms with Crippen LogP contribution >= 0.6 is 0 Å². The maximum Gasteiger partial charge on any atom is 0.00997 e. The minimum absolute atomic E-state index is 0.573. The zero-order chi connectivity index (χ0) is 9.07. The molecular formula is C11H20N. The fraction of sp³-hybridized carbons (Fsp3) is 0.818. The van der Waals surface area contributed by atoms with Crippen LogP contribution in [-0.4, -0.2) is 6.54 Å². The third-order valence-electron chi connectivity index (χ3n) is 1.76. The highest BCUT2D eigenvalue weighted by molar-refractivity contribution is 4.98. The molecule has 0 aliphatic carbocycles. The first-order valence-corrected chi connectivity index (χ1v) is 5.02. The Morgan fingerprint density at radius 1 is 0.917 bits per heavy atom. The van der Waals surface area contributed by atoms with Gasteiger partial charge in [-0.05, 0) is 19.3 Å². The van der Waals surface area contributed by atoms with Gasteiger partial charge < -0.3 is 0 Å². The molecular weight excluding hydrogens is 146 g/mol. The highest BCUT2D eigenvalue weighted by Crippen LogP contribution is 1.97. The van der Waals surface area contributed by atoms with Crippen molar-refractivity contribution in [2.45, 2.75) is 51.9 Å². The van der Waals surface area contributed by atoms with Gasteiger partial charge in [-0.2, -0.15) is 0 Å². The van der Waals surface area contributed by atoms with Crippen molar-refractivity contribution in [3.05, 3.63) is 0 Å². The SMILES string of the molecule is CCCCC#CCCCCC[NH]. The molecule has 0 amide bonds. The molecule has 0 spiro atoms. The molecule has 0 aromatic heterocycles. The van der Waals surface area contributed by atoms with Crippen LogP contribution in [0.25, 0.3) is 0 Å². The average molecular weight is 166 g/mol. The van der Waals surface area contributed by atoms with Gasteiger partial charge in [-0.25, -0.2) is 0 Å². The van der Waals surface area contributed by atoms with Crippen LogP contribution in [0.2, 0.25) is 0 Å². The monoisotopic (exact) mass is 166 g/mol. The van der Waals surface area contributed by atoms with Crippen LogP contribution in [0.4, 0.5) is 0 Å². The van der Waals surface area contributed by atoms with Crippen molar-refractivity contribution in [1.82, 2.24) is 5.73 Å². The fourth-order valence-electron chi connectivity index (χ4n) is 0.957. The van der Waals surface area contributed by atoms with Gasteiger partial charge in [0.1, 0.15) is 0 Å². The van der Waals surface area contributed by atoms with E-state index in [1.54, 1.807) is 0 Å². The summed E-state index contributed by atoms with van der Waals surface area (Å²) >= 11 is 0. The molecule has 0 saturated carbocycles. The van der Waals surface area contributed by atoms with E-state index >= 15 is 0 Å². The third kappa shape index (κ3) is 9.52. The van der Waals surface area contributed by atoms with Crippen LogP contribution in [0.5, 0.6) is 0 Å². The third-order valence-corrected chi connectivity index (χ3v) is 1.76. The molecule has 0 aromatic rings. The first-order chi connectivity index (χ1) is 5.91. The van der Waals surface area contributed by atoms with Gasteiger partial charge in [0.15, 0.2) is 0 Å². The summed E-state index contributed by atoms with van der Waals surface area (Å²) in [5.41, 5.74) is 6.94. The van der Waals surface area contributed by atoms with Crippen LogP contribution in [0.15, 0.2) is 0 Å². The smallest absolute Gasteiger partial charge is 0.00997 e. The van der Waals surface area contributed by atoms with E-state index in [-0.39, 0.29) is 0 Å². The second-order valence-electron chi connectivity index (χ2n) is 3.02. The molecule has 1 nitrogen and oxygen atoms in total. The Kier molecular flexibility index (Phi) is 10.1. The van der Waals surface area contributed by atoms with Gasteiger partial charge in [0.25, 0.3) is 0 Å². The summed E-state index contributed by atoms with van der Waals surface area (Å²) in [5, 5.41) is 0. The minimum Gasteiger partial charge on any atom is -0.258 e. The van der Waals surface area contributed by atoms with Crippen molar-refractivity contribution in [2.24, 2.45) is 0 Å². The summed E-state index contributed by atoms with van der Waals surface area (Å²) in [6.07, 6.45) is 7.96. The largest absolute Gasteiger partial charge is 0.258 e. The Morgan fingerprint density at radius 3 is 2.17 bits per heavy atom. The summed E-state index contributed by atoms with van der Waals surface area (Å²) in [5.74, 6) is 6.33. The Bertz CT molecular complexity index is 130. The van der Waals surface area contributed by atoms with Crippen molar-refractivity contribution in [3.63, 3.8) is 0 Å². The number of hydrogen-bond acceptors (Lipinski definition) is 0. The predicted octanol–water partition coefficient (Wildman–Crippen LogP) is 3.02. The predicted molar refractivity (Wildman–Crippen MR) is 53.7 cm³/mol. The summed E-state index contributed by atoms with van der Waals surface area (Å²) in [7, 11) is 0. The molecule has 0 aliphatic rings. The van der Waals surface area contributed by atoms with Crippen molar-refractivity contribution in [1.29, 1.82) is 0 Å². The van der Waals surface area contributed by atoms with E-state index in [4.69, 9.17) is 5.73 Å². The quantitative estimate of drug-likeness (QED) is 0.428. The molecule has 0 rings (SSSR count). The fourth-order valence-corrected chi connectivity index (χ4v) is 0.957. The lowest BCUT2D eigenvalue weighted by Crippen LogP contribution is -1.83. The topological polar surface area (TPSA) is 23.8 Å². The molecule has 1 N–H and O–H groups in total. The van der Waals surface area contributed by atoms with E-state index in [0.29, 0.717) is 6.54 Å². The number of hydrogen-bond donors (Lipinski definition) is 0. The standard InChI is InChI=1S/C11H20N/c1-2-3-4-5-6-7-8-9-10-11-12/h12H,2-4,7-11H2,1H3. The lowest BCUT2D eigenvalue weighted by atomic mass is 10.2. The van der Waals surface area contributed by atoms with E-state index in [2.05, 4.69) is 18.8 Å². The first kappa shape index (κ1) is 11.5. The number of nitrogens with one attached hydrogen (secondary N) is 1. The van der Waals surface area contributed by atoms with Crippen molar-refractivity contribution in [3.8, 4) is 11.8 Å². The van der Waals surface area contributed by atoms with Gasteiger partial charge in [0, 0.05) is 19.4 Å². The summed E-state index contributed by atoms with van der Waals surface area (Å²) < 4.78 is 0. The van der Waals surface area contributed by atoms with Gasteiger partial charge >= 0.3 is 0 Å². The Labute approximate surface area is 76.7 Å². The molecule has 0 atom stereocenters. The van der Waals surface area contributed by atoms with E-state index in [0.717, 1.165) is 19.3 Å². The Balaban J connectivity index is 2.99. The molecule has 12 heavy (non-hydrogen) atoms. The normalized spacial score (nSPS) is 9.17. The maximum absolute atomic E-state index is 6.94. The van der Waals surface area contributed by atoms with E-state index < -0.39 is 0 Å². The van der Waals surface area contributed by atoms with E-state index in [1.165, 1.54) is 25.7 Å². The molecule has 0 saturated heterocycles.